The Morgan fingerprint density at radius 1 is 1.33 bits per heavy atom. The SMILES string of the molecule is C=C(Oc1ccccc1C(C)=O)C(=O)O. The second kappa shape index (κ2) is 4.41. The smallest absolute Gasteiger partial charge is 0.371 e. The number of hydrogen-bond acceptors (Lipinski definition) is 3. The molecule has 1 aromatic carbocycles. The van der Waals surface area contributed by atoms with Gasteiger partial charge in [-0.2, -0.15) is 0 Å². The molecule has 4 heteroatoms. The average Bonchev–Trinajstić information content (AvgIpc) is 2.18. The van der Waals surface area contributed by atoms with E-state index in [4.69, 9.17) is 9.84 Å². The van der Waals surface area contributed by atoms with E-state index in [0.717, 1.165) is 0 Å². The van der Waals surface area contributed by atoms with Crippen molar-refractivity contribution in [3.8, 4) is 5.75 Å². The zero-order valence-corrected chi connectivity index (χ0v) is 8.19. The minimum atomic E-state index is -1.26. The molecule has 0 amide bonds. The second-order valence-electron chi connectivity index (χ2n) is 2.88. The molecule has 0 saturated heterocycles. The maximum Gasteiger partial charge on any atom is 0.371 e. The van der Waals surface area contributed by atoms with Crippen LogP contribution in [-0.4, -0.2) is 16.9 Å². The zero-order valence-electron chi connectivity index (χ0n) is 8.19. The summed E-state index contributed by atoms with van der Waals surface area (Å²) in [4.78, 5) is 21.6. The van der Waals surface area contributed by atoms with Gasteiger partial charge in [-0.25, -0.2) is 4.79 Å². The lowest BCUT2D eigenvalue weighted by molar-refractivity contribution is -0.135. The predicted octanol–water partition coefficient (Wildman–Crippen LogP) is 1.87. The predicted molar refractivity (Wildman–Crippen MR) is 53.9 cm³/mol. The summed E-state index contributed by atoms with van der Waals surface area (Å²) >= 11 is 0. The Bertz CT molecular complexity index is 420. The minimum absolute atomic E-state index is 0.191. The van der Waals surface area contributed by atoms with E-state index in [1.165, 1.54) is 13.0 Å². The molecule has 0 saturated carbocycles. The lowest BCUT2D eigenvalue weighted by atomic mass is 10.1. The number of aliphatic carboxylic acids is 1. The van der Waals surface area contributed by atoms with Gasteiger partial charge in [0, 0.05) is 0 Å². The molecule has 1 rings (SSSR count). The molecule has 0 aromatic heterocycles. The van der Waals surface area contributed by atoms with Gasteiger partial charge in [-0.05, 0) is 25.6 Å². The highest BCUT2D eigenvalue weighted by atomic mass is 16.5. The van der Waals surface area contributed by atoms with Crippen molar-refractivity contribution in [2.75, 3.05) is 0 Å². The molecule has 4 nitrogen and oxygen atoms in total. The van der Waals surface area contributed by atoms with Gasteiger partial charge in [0.05, 0.1) is 5.56 Å². The monoisotopic (exact) mass is 206 g/mol. The van der Waals surface area contributed by atoms with E-state index in [2.05, 4.69) is 6.58 Å². The van der Waals surface area contributed by atoms with Crippen molar-refractivity contribution < 1.29 is 19.4 Å². The van der Waals surface area contributed by atoms with Crippen LogP contribution < -0.4 is 4.74 Å². The van der Waals surface area contributed by atoms with Gasteiger partial charge in [-0.1, -0.05) is 12.1 Å². The maximum atomic E-state index is 11.2. The number of ketones is 1. The summed E-state index contributed by atoms with van der Waals surface area (Å²) in [6.07, 6.45) is 0. The van der Waals surface area contributed by atoms with E-state index in [0.29, 0.717) is 5.56 Å². The van der Waals surface area contributed by atoms with Gasteiger partial charge in [0.2, 0.25) is 5.76 Å². The van der Waals surface area contributed by atoms with Crippen LogP contribution in [0.5, 0.6) is 5.75 Å². The molecular weight excluding hydrogens is 196 g/mol. The molecule has 0 aliphatic heterocycles. The van der Waals surface area contributed by atoms with Crippen molar-refractivity contribution in [1.29, 1.82) is 0 Å². The Morgan fingerprint density at radius 3 is 2.47 bits per heavy atom. The zero-order chi connectivity index (χ0) is 11.4. The Morgan fingerprint density at radius 2 is 1.93 bits per heavy atom. The van der Waals surface area contributed by atoms with Gasteiger partial charge in [0.25, 0.3) is 0 Å². The topological polar surface area (TPSA) is 63.6 Å². The number of carboxylic acid groups (broad SMARTS) is 1. The molecule has 0 aliphatic carbocycles. The van der Waals surface area contributed by atoms with E-state index >= 15 is 0 Å². The van der Waals surface area contributed by atoms with Gasteiger partial charge in [-0.15, -0.1) is 0 Å². The van der Waals surface area contributed by atoms with Crippen LogP contribution >= 0.6 is 0 Å². The maximum absolute atomic E-state index is 11.2. The number of Topliss-reactive ketones (excluding diaryl/α,β-unsaturated/α-hetero) is 1. The van der Waals surface area contributed by atoms with Crippen molar-refractivity contribution in [2.24, 2.45) is 0 Å². The molecule has 1 aromatic rings. The molecule has 0 aliphatic rings. The largest absolute Gasteiger partial charge is 0.475 e. The molecule has 1 N–H and O–H groups in total. The Labute approximate surface area is 86.8 Å². The van der Waals surface area contributed by atoms with E-state index < -0.39 is 11.7 Å². The Kier molecular flexibility index (Phi) is 3.23. The highest BCUT2D eigenvalue weighted by Gasteiger charge is 2.11. The highest BCUT2D eigenvalue weighted by molar-refractivity contribution is 5.97. The number of hydrogen-bond donors (Lipinski definition) is 1. The normalized spacial score (nSPS) is 9.40. The van der Waals surface area contributed by atoms with Crippen LogP contribution in [0.4, 0.5) is 0 Å². The standard InChI is InChI=1S/C11H10O4/c1-7(12)9-5-3-4-6-10(9)15-8(2)11(13)14/h3-6H,2H2,1H3,(H,13,14). The van der Waals surface area contributed by atoms with Crippen LogP contribution in [-0.2, 0) is 4.79 Å². The summed E-state index contributed by atoms with van der Waals surface area (Å²) in [5, 5.41) is 8.56. The van der Waals surface area contributed by atoms with Gasteiger partial charge in [-0.3, -0.25) is 4.79 Å². The molecule has 0 fully saturated rings. The summed E-state index contributed by atoms with van der Waals surface area (Å²) in [7, 11) is 0. The number of carboxylic acids is 1. The first kappa shape index (κ1) is 11.0. The third-order valence-electron chi connectivity index (χ3n) is 1.74. The number of rotatable bonds is 4. The fraction of sp³-hybridized carbons (Fsp3) is 0.0909. The number of carbonyl (C=O) groups is 2. The molecule has 0 bridgehead atoms. The van der Waals surface area contributed by atoms with Crippen LogP contribution in [0.1, 0.15) is 17.3 Å². The number of carbonyl (C=O) groups excluding carboxylic acids is 1. The molecule has 15 heavy (non-hydrogen) atoms. The van der Waals surface area contributed by atoms with Crippen LogP contribution in [0.15, 0.2) is 36.6 Å². The van der Waals surface area contributed by atoms with Crippen molar-refractivity contribution in [1.82, 2.24) is 0 Å². The first-order valence-corrected chi connectivity index (χ1v) is 4.22. The first-order chi connectivity index (χ1) is 7.02. The van der Waals surface area contributed by atoms with Crippen LogP contribution in [0.3, 0.4) is 0 Å². The molecule has 0 spiro atoms. The van der Waals surface area contributed by atoms with E-state index in [1.807, 2.05) is 0 Å². The Balaban J connectivity index is 2.99. The van der Waals surface area contributed by atoms with Crippen LogP contribution in [0.2, 0.25) is 0 Å². The second-order valence-corrected chi connectivity index (χ2v) is 2.88. The van der Waals surface area contributed by atoms with Crippen LogP contribution in [0.25, 0.3) is 0 Å². The van der Waals surface area contributed by atoms with Crippen molar-refractivity contribution >= 4 is 11.8 Å². The third kappa shape index (κ3) is 2.67. The summed E-state index contributed by atoms with van der Waals surface area (Å²) in [6.45, 7) is 4.60. The summed E-state index contributed by atoms with van der Waals surface area (Å²) in [6, 6.07) is 6.40. The lowest BCUT2D eigenvalue weighted by Gasteiger charge is -2.07. The van der Waals surface area contributed by atoms with Crippen LogP contribution in [0, 0.1) is 0 Å². The minimum Gasteiger partial charge on any atom is -0.475 e. The lowest BCUT2D eigenvalue weighted by Crippen LogP contribution is -2.08. The highest BCUT2D eigenvalue weighted by Crippen LogP contribution is 2.20. The third-order valence-corrected chi connectivity index (χ3v) is 1.74. The van der Waals surface area contributed by atoms with Gasteiger partial charge >= 0.3 is 5.97 Å². The van der Waals surface area contributed by atoms with Gasteiger partial charge in [0.15, 0.2) is 5.78 Å². The van der Waals surface area contributed by atoms with Gasteiger partial charge in [0.1, 0.15) is 5.75 Å². The summed E-state index contributed by atoms with van der Waals surface area (Å²) in [5.41, 5.74) is 0.333. The van der Waals surface area contributed by atoms with Crippen molar-refractivity contribution in [3.63, 3.8) is 0 Å². The first-order valence-electron chi connectivity index (χ1n) is 4.22. The fourth-order valence-corrected chi connectivity index (χ4v) is 1.02. The molecule has 0 radical (unpaired) electrons. The quantitative estimate of drug-likeness (QED) is 0.464. The van der Waals surface area contributed by atoms with E-state index in [-0.39, 0.29) is 11.5 Å². The number of ether oxygens (including phenoxy) is 1. The molecule has 0 unspecified atom stereocenters. The van der Waals surface area contributed by atoms with E-state index in [9.17, 15) is 9.59 Å². The molecule has 0 atom stereocenters. The number of para-hydroxylation sites is 1. The van der Waals surface area contributed by atoms with E-state index in [1.54, 1.807) is 18.2 Å². The van der Waals surface area contributed by atoms with Crippen molar-refractivity contribution in [3.05, 3.63) is 42.2 Å². The fourth-order valence-electron chi connectivity index (χ4n) is 1.02. The summed E-state index contributed by atoms with van der Waals surface area (Å²) in [5.74, 6) is -1.65. The van der Waals surface area contributed by atoms with Gasteiger partial charge < -0.3 is 9.84 Å². The summed E-state index contributed by atoms with van der Waals surface area (Å²) < 4.78 is 4.95. The van der Waals surface area contributed by atoms with Crippen molar-refractivity contribution in [2.45, 2.75) is 6.92 Å². The molecule has 78 valence electrons. The molecule has 0 heterocycles. The molecular formula is C11H10O4. The average molecular weight is 206 g/mol. The number of benzene rings is 1. The Hall–Kier alpha value is -2.10.